The number of hydrogen-bond donors (Lipinski definition) is 8. The van der Waals surface area contributed by atoms with E-state index in [1.54, 1.807) is 6.26 Å². The zero-order valence-corrected chi connectivity index (χ0v) is 20.0. The topological polar surface area (TPSA) is 248 Å². The second-order valence-corrected chi connectivity index (χ2v) is 8.54. The average Bonchev–Trinajstić information content (AvgIpc) is 2.71. The fourth-order valence-electron chi connectivity index (χ4n) is 2.54. The Labute approximate surface area is 204 Å². The molecule has 0 spiro atoms. The van der Waals surface area contributed by atoms with Gasteiger partial charge in [0.1, 0.15) is 18.1 Å². The Hall–Kier alpha value is -2.85. The van der Waals surface area contributed by atoms with E-state index in [4.69, 9.17) is 21.7 Å². The molecule has 0 saturated carbocycles. The van der Waals surface area contributed by atoms with Gasteiger partial charge in [0.15, 0.2) is 0 Å². The first-order chi connectivity index (χ1) is 15.8. The summed E-state index contributed by atoms with van der Waals surface area (Å²) in [5.41, 5.74) is 10.6. The minimum absolute atomic E-state index is 0.0967. The molecule has 0 fully saturated rings. The van der Waals surface area contributed by atoms with E-state index in [0.717, 1.165) is 0 Å². The second kappa shape index (κ2) is 15.9. The summed E-state index contributed by atoms with van der Waals surface area (Å²) in [7, 11) is 0. The van der Waals surface area contributed by atoms with Crippen molar-refractivity contribution in [3.05, 3.63) is 0 Å². The fraction of sp³-hybridized carbons (Fsp3) is 0.611. The van der Waals surface area contributed by atoms with Crippen molar-refractivity contribution in [1.82, 2.24) is 16.0 Å². The Morgan fingerprint density at radius 3 is 1.74 bits per heavy atom. The largest absolute Gasteiger partial charge is 0.481 e. The molecule has 0 saturated heterocycles. The molecule has 16 heteroatoms. The standard InChI is InChI=1S/C18H29N5O9S2/c1-34-5-4-10(21-15(29)8(19)6-13(25)26)17(31)22-9(2-3-12(20)24)16(30)23-11(18(32)33)7-14(27)28/h8-11H,2-7,19H2,1H3,(H2,20,24)(H,21,29)(H,22,31)(H,23,30)(H,25,26)(H,27,28)(H,32,33)/t8-,9-,10-,11-/m0/s1. The predicted molar refractivity (Wildman–Crippen MR) is 124 cm³/mol. The fourth-order valence-corrected chi connectivity index (χ4v) is 3.17. The van der Waals surface area contributed by atoms with Crippen LogP contribution < -0.4 is 27.4 Å². The van der Waals surface area contributed by atoms with Crippen molar-refractivity contribution in [2.75, 3.05) is 12.0 Å². The number of nitrogens with one attached hydrogen (secondary N) is 3. The first-order valence-electron chi connectivity index (χ1n) is 9.88. The van der Waals surface area contributed by atoms with Crippen LogP contribution in [-0.4, -0.2) is 87.1 Å². The van der Waals surface area contributed by atoms with Gasteiger partial charge in [0.2, 0.25) is 28.7 Å². The molecular weight excluding hydrogens is 494 g/mol. The molecule has 9 N–H and O–H groups in total. The minimum atomic E-state index is -1.50. The number of amides is 4. The normalized spacial score (nSPS) is 14.1. The van der Waals surface area contributed by atoms with Crippen LogP contribution in [0.5, 0.6) is 0 Å². The first kappa shape index (κ1) is 31.1. The van der Waals surface area contributed by atoms with Crippen LogP contribution in [0.25, 0.3) is 0 Å². The molecule has 0 aliphatic heterocycles. The highest BCUT2D eigenvalue weighted by atomic mass is 32.2. The van der Waals surface area contributed by atoms with E-state index >= 15 is 0 Å². The highest BCUT2D eigenvalue weighted by Gasteiger charge is 2.30. The monoisotopic (exact) mass is 523 g/mol. The van der Waals surface area contributed by atoms with Crippen molar-refractivity contribution >= 4 is 65.1 Å². The number of nitrogens with two attached hydrogens (primary N) is 2. The zero-order valence-electron chi connectivity index (χ0n) is 18.3. The third-order valence-electron chi connectivity index (χ3n) is 4.28. The second-order valence-electron chi connectivity index (χ2n) is 7.11. The Kier molecular flexibility index (Phi) is 14.6. The van der Waals surface area contributed by atoms with Crippen molar-refractivity contribution < 1.29 is 43.8 Å². The quantitative estimate of drug-likeness (QED) is 0.0904. The molecule has 0 aromatic heterocycles. The van der Waals surface area contributed by atoms with Gasteiger partial charge < -0.3 is 37.6 Å². The molecule has 4 atom stereocenters. The molecule has 0 aliphatic rings. The lowest BCUT2D eigenvalue weighted by molar-refractivity contribution is -0.140. The number of primary amides is 1. The maximum absolute atomic E-state index is 12.8. The summed E-state index contributed by atoms with van der Waals surface area (Å²) in [6.07, 6.45) is -0.211. The molecule has 0 bridgehead atoms. The van der Waals surface area contributed by atoms with Crippen molar-refractivity contribution in [3.8, 4) is 0 Å². The number of aliphatic carboxylic acids is 2. The van der Waals surface area contributed by atoms with Crippen LogP contribution in [0.1, 0.15) is 32.1 Å². The molecule has 0 unspecified atom stereocenters. The van der Waals surface area contributed by atoms with Gasteiger partial charge in [0.25, 0.3) is 0 Å². The maximum atomic E-state index is 12.8. The number of thiol groups is 1. The molecule has 14 nitrogen and oxygen atoms in total. The third-order valence-corrected chi connectivity index (χ3v) is 5.24. The summed E-state index contributed by atoms with van der Waals surface area (Å²) in [4.78, 5) is 82.0. The van der Waals surface area contributed by atoms with Crippen LogP contribution in [0.3, 0.4) is 0 Å². The van der Waals surface area contributed by atoms with Crippen LogP contribution in [0, 0.1) is 0 Å². The van der Waals surface area contributed by atoms with Crippen molar-refractivity contribution in [2.24, 2.45) is 11.5 Å². The van der Waals surface area contributed by atoms with Gasteiger partial charge in [0, 0.05) is 6.42 Å². The molecule has 0 rings (SSSR count). The summed E-state index contributed by atoms with van der Waals surface area (Å²) in [5.74, 6) is -5.80. The Balaban J connectivity index is 5.56. The van der Waals surface area contributed by atoms with Gasteiger partial charge in [-0.2, -0.15) is 11.8 Å². The lowest BCUT2D eigenvalue weighted by atomic mass is 10.1. The molecule has 34 heavy (non-hydrogen) atoms. The highest BCUT2D eigenvalue weighted by Crippen LogP contribution is 2.06. The van der Waals surface area contributed by atoms with Gasteiger partial charge in [-0.15, -0.1) is 12.6 Å². The number of carbonyl (C=O) groups is 7. The molecular formula is C18H29N5O9S2. The van der Waals surface area contributed by atoms with Crippen molar-refractivity contribution in [2.45, 2.75) is 56.3 Å². The summed E-state index contributed by atoms with van der Waals surface area (Å²) in [6.45, 7) is 0. The lowest BCUT2D eigenvalue weighted by Crippen LogP contribution is -2.57. The smallest absolute Gasteiger partial charge is 0.305 e. The first-order valence-corrected chi connectivity index (χ1v) is 11.7. The summed E-state index contributed by atoms with van der Waals surface area (Å²) >= 11 is 4.89. The van der Waals surface area contributed by atoms with Gasteiger partial charge in [-0.1, -0.05) is 0 Å². The number of carboxylic acid groups (broad SMARTS) is 2. The van der Waals surface area contributed by atoms with Crippen LogP contribution in [0.4, 0.5) is 0 Å². The van der Waals surface area contributed by atoms with E-state index < -0.39 is 77.7 Å². The number of carboxylic acids is 2. The summed E-state index contributed by atoms with van der Waals surface area (Å²) in [6, 6.07) is -5.54. The molecule has 0 heterocycles. The van der Waals surface area contributed by atoms with Gasteiger partial charge in [-0.05, 0) is 24.9 Å². The third kappa shape index (κ3) is 13.0. The van der Waals surface area contributed by atoms with E-state index in [9.17, 15) is 33.6 Å². The molecule has 0 aliphatic carbocycles. The average molecular weight is 524 g/mol. The molecule has 0 radical (unpaired) electrons. The Morgan fingerprint density at radius 2 is 1.29 bits per heavy atom. The van der Waals surface area contributed by atoms with Gasteiger partial charge in [0.05, 0.1) is 18.9 Å². The predicted octanol–water partition coefficient (Wildman–Crippen LogP) is -2.81. The van der Waals surface area contributed by atoms with Gasteiger partial charge in [-0.25, -0.2) is 0 Å². The van der Waals surface area contributed by atoms with E-state index in [0.29, 0.717) is 5.75 Å². The van der Waals surface area contributed by atoms with Crippen LogP contribution in [-0.2, 0) is 33.6 Å². The van der Waals surface area contributed by atoms with E-state index in [1.807, 2.05) is 0 Å². The SMILES string of the molecule is CSCC[C@H](NC(=O)[C@@H](N)CC(=O)O)C(=O)N[C@@H](CCC(N)=O)C(=O)N[C@@H](CC(=O)O)C(=O)S. The van der Waals surface area contributed by atoms with Crippen molar-refractivity contribution in [1.29, 1.82) is 0 Å². The molecule has 192 valence electrons. The van der Waals surface area contributed by atoms with E-state index in [-0.39, 0.29) is 19.3 Å². The summed E-state index contributed by atoms with van der Waals surface area (Å²) < 4.78 is 0. The Bertz CT molecular complexity index is 796. The number of hydrogen-bond acceptors (Lipinski definition) is 9. The summed E-state index contributed by atoms with van der Waals surface area (Å²) in [5, 5.41) is 23.5. The Morgan fingerprint density at radius 1 is 0.824 bits per heavy atom. The van der Waals surface area contributed by atoms with E-state index in [2.05, 4.69) is 28.6 Å². The lowest BCUT2D eigenvalue weighted by Gasteiger charge is -2.25. The van der Waals surface area contributed by atoms with Crippen LogP contribution in [0.15, 0.2) is 0 Å². The molecule has 0 aromatic rings. The van der Waals surface area contributed by atoms with E-state index in [1.165, 1.54) is 11.8 Å². The van der Waals surface area contributed by atoms with Crippen LogP contribution >= 0.6 is 24.4 Å². The van der Waals surface area contributed by atoms with Gasteiger partial charge >= 0.3 is 11.9 Å². The minimum Gasteiger partial charge on any atom is -0.481 e. The van der Waals surface area contributed by atoms with Crippen molar-refractivity contribution in [3.63, 3.8) is 0 Å². The molecule has 0 aromatic carbocycles. The highest BCUT2D eigenvalue weighted by molar-refractivity contribution is 7.98. The number of rotatable bonds is 17. The zero-order chi connectivity index (χ0) is 26.4. The maximum Gasteiger partial charge on any atom is 0.305 e. The van der Waals surface area contributed by atoms with Gasteiger partial charge in [-0.3, -0.25) is 33.6 Å². The number of carbonyl (C=O) groups excluding carboxylic acids is 5. The van der Waals surface area contributed by atoms with Crippen LogP contribution in [0.2, 0.25) is 0 Å². The molecule has 4 amide bonds. The number of thioether (sulfide) groups is 1.